The molecule has 0 radical (unpaired) electrons. The summed E-state index contributed by atoms with van der Waals surface area (Å²) >= 11 is 1.76. The van der Waals surface area contributed by atoms with Gasteiger partial charge in [0, 0.05) is 49.6 Å². The maximum absolute atomic E-state index is 13.4. The smallest absolute Gasteiger partial charge is 0.226 e. The number of hydrogen-bond donors (Lipinski definition) is 3. The lowest BCUT2D eigenvalue weighted by molar-refractivity contribution is -0.116. The molecular formula is C14H18ClF2N3O2S. The summed E-state index contributed by atoms with van der Waals surface area (Å²) in [6.45, 7) is 2.08. The Morgan fingerprint density at radius 1 is 1.26 bits per heavy atom. The topological polar surface area (TPSA) is 70.2 Å². The molecule has 1 unspecified atom stereocenters. The van der Waals surface area contributed by atoms with Crippen LogP contribution < -0.4 is 16.0 Å². The van der Waals surface area contributed by atoms with Gasteiger partial charge in [-0.2, -0.15) is 11.8 Å². The fourth-order valence-electron chi connectivity index (χ4n) is 2.12. The van der Waals surface area contributed by atoms with E-state index in [1.807, 2.05) is 0 Å². The van der Waals surface area contributed by atoms with Gasteiger partial charge in [0.1, 0.15) is 0 Å². The number of anilines is 2. The minimum absolute atomic E-state index is 0. The highest BCUT2D eigenvalue weighted by molar-refractivity contribution is 7.99. The highest BCUT2D eigenvalue weighted by atomic mass is 35.5. The third-order valence-corrected chi connectivity index (χ3v) is 4.21. The SMILES string of the molecule is CC(=O)Nc1cc(F)c(F)cc1NC(=O)CC1CSCCN1.Cl. The van der Waals surface area contributed by atoms with Gasteiger partial charge in [-0.15, -0.1) is 12.4 Å². The first-order chi connectivity index (χ1) is 10.5. The molecule has 0 saturated carbocycles. The van der Waals surface area contributed by atoms with E-state index in [-0.39, 0.29) is 42.2 Å². The van der Waals surface area contributed by atoms with Crippen LogP contribution in [-0.4, -0.2) is 35.9 Å². The van der Waals surface area contributed by atoms with Gasteiger partial charge in [0.2, 0.25) is 11.8 Å². The van der Waals surface area contributed by atoms with Crippen LogP contribution in [0, 0.1) is 11.6 Å². The maximum Gasteiger partial charge on any atom is 0.226 e. The van der Waals surface area contributed by atoms with Crippen LogP contribution >= 0.6 is 24.2 Å². The van der Waals surface area contributed by atoms with Gasteiger partial charge in [-0.05, 0) is 0 Å². The van der Waals surface area contributed by atoms with Gasteiger partial charge in [-0.1, -0.05) is 0 Å². The van der Waals surface area contributed by atoms with Gasteiger partial charge in [0.15, 0.2) is 11.6 Å². The number of amides is 2. The third kappa shape index (κ3) is 5.96. The van der Waals surface area contributed by atoms with Crippen molar-refractivity contribution in [2.24, 2.45) is 0 Å². The first kappa shape index (κ1) is 19.7. The summed E-state index contributed by atoms with van der Waals surface area (Å²) in [6.07, 6.45) is 0.228. The number of benzene rings is 1. The minimum atomic E-state index is -1.09. The number of carbonyl (C=O) groups excluding carboxylic acids is 2. The second-order valence-corrected chi connectivity index (χ2v) is 6.12. The Labute approximate surface area is 143 Å². The van der Waals surface area contributed by atoms with Crippen LogP contribution in [0.4, 0.5) is 20.2 Å². The Bertz CT molecular complexity index is 583. The maximum atomic E-state index is 13.4. The molecule has 1 aromatic rings. The summed E-state index contributed by atoms with van der Waals surface area (Å²) in [4.78, 5) is 23.1. The summed E-state index contributed by atoms with van der Waals surface area (Å²) in [6, 6.07) is 1.76. The largest absolute Gasteiger partial charge is 0.324 e. The Morgan fingerprint density at radius 2 is 1.87 bits per heavy atom. The zero-order valence-corrected chi connectivity index (χ0v) is 14.1. The fourth-order valence-corrected chi connectivity index (χ4v) is 3.07. The van der Waals surface area contributed by atoms with Crippen LogP contribution in [0.5, 0.6) is 0 Å². The number of thioether (sulfide) groups is 1. The highest BCUT2D eigenvalue weighted by Gasteiger charge is 2.18. The van der Waals surface area contributed by atoms with E-state index in [0.717, 1.165) is 30.2 Å². The van der Waals surface area contributed by atoms with Gasteiger partial charge >= 0.3 is 0 Å². The minimum Gasteiger partial charge on any atom is -0.324 e. The molecule has 0 aromatic heterocycles. The van der Waals surface area contributed by atoms with Crippen LogP contribution in [0.15, 0.2) is 12.1 Å². The molecule has 3 N–H and O–H groups in total. The Balaban J connectivity index is 0.00000264. The summed E-state index contributed by atoms with van der Waals surface area (Å²) in [5.74, 6) is -1.11. The van der Waals surface area contributed by atoms with Crippen molar-refractivity contribution < 1.29 is 18.4 Å². The van der Waals surface area contributed by atoms with Crippen molar-refractivity contribution in [2.45, 2.75) is 19.4 Å². The number of carbonyl (C=O) groups is 2. The van der Waals surface area contributed by atoms with E-state index < -0.39 is 17.5 Å². The quantitative estimate of drug-likeness (QED) is 0.766. The van der Waals surface area contributed by atoms with Crippen molar-refractivity contribution in [3.63, 3.8) is 0 Å². The van der Waals surface area contributed by atoms with E-state index >= 15 is 0 Å². The second-order valence-electron chi connectivity index (χ2n) is 4.97. The lowest BCUT2D eigenvalue weighted by Gasteiger charge is -2.22. The molecule has 2 amide bonds. The Morgan fingerprint density at radius 3 is 2.39 bits per heavy atom. The van der Waals surface area contributed by atoms with Crippen molar-refractivity contribution in [3.8, 4) is 0 Å². The molecule has 1 heterocycles. The van der Waals surface area contributed by atoms with E-state index in [1.165, 1.54) is 6.92 Å². The summed E-state index contributed by atoms with van der Waals surface area (Å²) in [7, 11) is 0. The number of halogens is 3. The predicted molar refractivity (Wildman–Crippen MR) is 90.3 cm³/mol. The molecule has 0 bridgehead atoms. The number of rotatable bonds is 4. The standard InChI is InChI=1S/C14H17F2N3O2S.ClH/c1-8(20)18-12-5-10(15)11(16)6-13(12)19-14(21)4-9-7-22-3-2-17-9;/h5-6,9,17H,2-4,7H2,1H3,(H,18,20)(H,19,21);1H. The summed E-state index contributed by atoms with van der Waals surface area (Å²) in [5, 5.41) is 8.11. The molecule has 9 heteroatoms. The van der Waals surface area contributed by atoms with Crippen LogP contribution in [0.25, 0.3) is 0 Å². The molecule has 0 spiro atoms. The second kappa shape index (κ2) is 9.05. The van der Waals surface area contributed by atoms with Gasteiger partial charge in [-0.25, -0.2) is 8.78 Å². The van der Waals surface area contributed by atoms with E-state index in [4.69, 9.17) is 0 Å². The monoisotopic (exact) mass is 365 g/mol. The molecule has 1 saturated heterocycles. The van der Waals surface area contributed by atoms with Crippen molar-refractivity contribution in [3.05, 3.63) is 23.8 Å². The van der Waals surface area contributed by atoms with Crippen LogP contribution in [0.2, 0.25) is 0 Å². The molecule has 23 heavy (non-hydrogen) atoms. The first-order valence-electron chi connectivity index (χ1n) is 6.83. The average molecular weight is 366 g/mol. The van der Waals surface area contributed by atoms with Crippen molar-refractivity contribution >= 4 is 47.4 Å². The lowest BCUT2D eigenvalue weighted by atomic mass is 10.2. The normalized spacial score (nSPS) is 17.1. The molecule has 1 fully saturated rings. The molecule has 128 valence electrons. The molecule has 1 aromatic carbocycles. The summed E-state index contributed by atoms with van der Waals surface area (Å²) < 4.78 is 26.6. The predicted octanol–water partition coefficient (Wildman–Crippen LogP) is 2.38. The van der Waals surface area contributed by atoms with Crippen molar-refractivity contribution in [1.82, 2.24) is 5.32 Å². The highest BCUT2D eigenvalue weighted by Crippen LogP contribution is 2.25. The van der Waals surface area contributed by atoms with E-state index in [0.29, 0.717) is 0 Å². The van der Waals surface area contributed by atoms with Crippen LogP contribution in [0.3, 0.4) is 0 Å². The zero-order chi connectivity index (χ0) is 16.1. The molecular weight excluding hydrogens is 348 g/mol. The van der Waals surface area contributed by atoms with E-state index in [9.17, 15) is 18.4 Å². The summed E-state index contributed by atoms with van der Waals surface area (Å²) in [5.41, 5.74) is 0.0771. The number of hydrogen-bond acceptors (Lipinski definition) is 4. The molecule has 1 atom stereocenters. The van der Waals surface area contributed by atoms with Crippen molar-refractivity contribution in [1.29, 1.82) is 0 Å². The zero-order valence-electron chi connectivity index (χ0n) is 12.4. The Kier molecular flexibility index (Phi) is 7.74. The fraction of sp³-hybridized carbons (Fsp3) is 0.429. The number of nitrogens with one attached hydrogen (secondary N) is 3. The molecule has 1 aliphatic heterocycles. The molecule has 2 rings (SSSR count). The van der Waals surface area contributed by atoms with Gasteiger partial charge in [-0.3, -0.25) is 9.59 Å². The van der Waals surface area contributed by atoms with Crippen molar-refractivity contribution in [2.75, 3.05) is 28.7 Å². The lowest BCUT2D eigenvalue weighted by Crippen LogP contribution is -2.40. The average Bonchev–Trinajstić information content (AvgIpc) is 2.44. The van der Waals surface area contributed by atoms with Gasteiger partial charge in [0.25, 0.3) is 0 Å². The van der Waals surface area contributed by atoms with Gasteiger partial charge < -0.3 is 16.0 Å². The first-order valence-corrected chi connectivity index (χ1v) is 7.99. The van der Waals surface area contributed by atoms with Crippen LogP contribution in [-0.2, 0) is 9.59 Å². The molecule has 5 nitrogen and oxygen atoms in total. The molecule has 0 aliphatic carbocycles. The third-order valence-electron chi connectivity index (χ3n) is 3.08. The molecule has 1 aliphatic rings. The van der Waals surface area contributed by atoms with Gasteiger partial charge in [0.05, 0.1) is 11.4 Å². The van der Waals surface area contributed by atoms with E-state index in [2.05, 4.69) is 16.0 Å². The van der Waals surface area contributed by atoms with Crippen LogP contribution in [0.1, 0.15) is 13.3 Å². The van der Waals surface area contributed by atoms with E-state index in [1.54, 1.807) is 11.8 Å². The Hall–Kier alpha value is -1.38.